The minimum absolute atomic E-state index is 0.0879. The minimum atomic E-state index is -4.00. The molecule has 0 N–H and O–H groups in total. The predicted molar refractivity (Wildman–Crippen MR) is 45.3 cm³/mol. The first-order valence-corrected chi connectivity index (χ1v) is 4.71. The van der Waals surface area contributed by atoms with Crippen LogP contribution in [0.2, 0.25) is 0 Å². The van der Waals surface area contributed by atoms with Crippen LogP contribution in [0.25, 0.3) is 10.4 Å². The van der Waals surface area contributed by atoms with E-state index < -0.39 is 10.0 Å². The fourth-order valence-electron chi connectivity index (χ4n) is 0.694. The molecule has 1 aromatic rings. The first-order valence-electron chi connectivity index (χ1n) is 3.27. The summed E-state index contributed by atoms with van der Waals surface area (Å²) in [4.78, 5) is 5.45. The molecule has 0 spiro atoms. The van der Waals surface area contributed by atoms with Crippen LogP contribution in [-0.2, 0) is 10.0 Å². The van der Waals surface area contributed by atoms with Crippen molar-refractivity contribution in [3.05, 3.63) is 34.5 Å². The SMILES string of the molecule is N#Cc1ccc(S(=O)(=O)N=[N+]=[N-])cn1. The molecule has 0 aromatic carbocycles. The second-order valence-corrected chi connectivity index (χ2v) is 3.72. The lowest BCUT2D eigenvalue weighted by Gasteiger charge is -1.94. The molecule has 0 amide bonds. The van der Waals surface area contributed by atoms with Crippen LogP contribution in [0.3, 0.4) is 0 Å². The van der Waals surface area contributed by atoms with Gasteiger partial charge in [0.25, 0.3) is 10.0 Å². The summed E-state index contributed by atoms with van der Waals surface area (Å²) in [5, 5.41) is 8.39. The maximum Gasteiger partial charge on any atom is 0.265 e. The van der Waals surface area contributed by atoms with Crippen molar-refractivity contribution in [3.63, 3.8) is 0 Å². The van der Waals surface area contributed by atoms with Crippen molar-refractivity contribution < 1.29 is 8.42 Å². The molecule has 8 heteroatoms. The van der Waals surface area contributed by atoms with Crippen LogP contribution in [0.4, 0.5) is 0 Å². The van der Waals surface area contributed by atoms with Crippen LogP contribution in [-0.4, -0.2) is 13.4 Å². The Morgan fingerprint density at radius 1 is 1.57 bits per heavy atom. The van der Waals surface area contributed by atoms with Crippen molar-refractivity contribution >= 4 is 10.0 Å². The number of pyridine rings is 1. The van der Waals surface area contributed by atoms with E-state index in [-0.39, 0.29) is 10.6 Å². The maximum absolute atomic E-state index is 11.1. The lowest BCUT2D eigenvalue weighted by Crippen LogP contribution is -1.96. The van der Waals surface area contributed by atoms with Crippen molar-refractivity contribution in [2.45, 2.75) is 4.90 Å². The van der Waals surface area contributed by atoms with Gasteiger partial charge in [0, 0.05) is 15.6 Å². The number of hydrogen-bond acceptors (Lipinski definition) is 4. The minimum Gasteiger partial charge on any atom is -0.244 e. The van der Waals surface area contributed by atoms with Crippen LogP contribution >= 0.6 is 0 Å². The van der Waals surface area contributed by atoms with E-state index in [1.807, 2.05) is 0 Å². The second kappa shape index (κ2) is 3.74. The van der Waals surface area contributed by atoms with E-state index in [0.29, 0.717) is 0 Å². The first kappa shape index (κ1) is 9.98. The molecule has 70 valence electrons. The standard InChI is InChI=1S/C6H3N5O2S/c7-3-5-1-2-6(4-9-5)14(12,13)11-10-8/h1-2,4H. The topological polar surface area (TPSA) is 120 Å². The fourth-order valence-corrected chi connectivity index (χ4v) is 1.31. The van der Waals surface area contributed by atoms with Crippen molar-refractivity contribution in [3.8, 4) is 6.07 Å². The Kier molecular flexibility index (Phi) is 2.67. The molecule has 0 aliphatic rings. The molecule has 0 saturated carbocycles. The molecule has 0 aliphatic carbocycles. The van der Waals surface area contributed by atoms with E-state index in [1.54, 1.807) is 6.07 Å². The fraction of sp³-hybridized carbons (Fsp3) is 0. The van der Waals surface area contributed by atoms with Gasteiger partial charge in [0.15, 0.2) is 0 Å². The van der Waals surface area contributed by atoms with E-state index in [4.69, 9.17) is 10.8 Å². The van der Waals surface area contributed by atoms with Crippen LogP contribution in [0.5, 0.6) is 0 Å². The third-order valence-electron chi connectivity index (χ3n) is 1.29. The van der Waals surface area contributed by atoms with E-state index >= 15 is 0 Å². The summed E-state index contributed by atoms with van der Waals surface area (Å²) in [5.74, 6) is 0. The predicted octanol–water partition coefficient (Wildman–Crippen LogP) is 0.952. The first-order chi connectivity index (χ1) is 6.60. The number of rotatable bonds is 2. The average molecular weight is 209 g/mol. The molecular weight excluding hydrogens is 206 g/mol. The maximum atomic E-state index is 11.1. The van der Waals surface area contributed by atoms with Gasteiger partial charge in [-0.15, -0.1) is 0 Å². The van der Waals surface area contributed by atoms with Gasteiger partial charge in [0.2, 0.25) is 0 Å². The monoisotopic (exact) mass is 209 g/mol. The van der Waals surface area contributed by atoms with Gasteiger partial charge in [-0.3, -0.25) is 0 Å². The van der Waals surface area contributed by atoms with Crippen molar-refractivity contribution in [2.24, 2.45) is 4.52 Å². The van der Waals surface area contributed by atoms with E-state index in [1.165, 1.54) is 6.07 Å². The van der Waals surface area contributed by atoms with Crippen LogP contribution in [0.15, 0.2) is 27.7 Å². The zero-order valence-electron chi connectivity index (χ0n) is 6.69. The molecule has 0 fully saturated rings. The molecule has 0 radical (unpaired) electrons. The van der Waals surface area contributed by atoms with Gasteiger partial charge in [0.1, 0.15) is 11.8 Å². The molecule has 0 bridgehead atoms. The summed E-state index contributed by atoms with van der Waals surface area (Å²) >= 11 is 0. The van der Waals surface area contributed by atoms with Gasteiger partial charge in [-0.25, -0.2) is 13.4 Å². The smallest absolute Gasteiger partial charge is 0.244 e. The number of nitrogens with zero attached hydrogens (tertiary/aromatic N) is 5. The highest BCUT2D eigenvalue weighted by Crippen LogP contribution is 2.10. The highest BCUT2D eigenvalue weighted by molar-refractivity contribution is 7.90. The Morgan fingerprint density at radius 3 is 2.71 bits per heavy atom. The quantitative estimate of drug-likeness (QED) is 0.409. The molecule has 7 nitrogen and oxygen atoms in total. The van der Waals surface area contributed by atoms with Crippen molar-refractivity contribution in [2.75, 3.05) is 0 Å². The summed E-state index contributed by atoms with van der Waals surface area (Å²) in [6.07, 6.45) is 0.961. The zero-order chi connectivity index (χ0) is 10.6. The summed E-state index contributed by atoms with van der Waals surface area (Å²) in [6, 6.07) is 4.10. The third kappa shape index (κ3) is 1.98. The number of hydrogen-bond donors (Lipinski definition) is 0. The Labute approximate surface area is 79.3 Å². The number of aromatic nitrogens is 1. The van der Waals surface area contributed by atoms with E-state index in [9.17, 15) is 8.42 Å². The van der Waals surface area contributed by atoms with E-state index in [2.05, 4.69) is 14.4 Å². The number of azide groups is 1. The van der Waals surface area contributed by atoms with Gasteiger partial charge in [-0.1, -0.05) is 0 Å². The summed E-state index contributed by atoms with van der Waals surface area (Å²) < 4.78 is 24.8. The largest absolute Gasteiger partial charge is 0.265 e. The van der Waals surface area contributed by atoms with Crippen LogP contribution in [0, 0.1) is 11.3 Å². The summed E-state index contributed by atoms with van der Waals surface area (Å²) in [7, 11) is -4.00. The van der Waals surface area contributed by atoms with Gasteiger partial charge in [-0.2, -0.15) is 5.26 Å². The highest BCUT2D eigenvalue weighted by Gasteiger charge is 2.11. The van der Waals surface area contributed by atoms with Gasteiger partial charge in [-0.05, 0) is 17.7 Å². The Hall–Kier alpha value is -2.10. The van der Waals surface area contributed by atoms with Gasteiger partial charge in [0.05, 0.1) is 4.90 Å². The van der Waals surface area contributed by atoms with Crippen molar-refractivity contribution in [1.82, 2.24) is 4.98 Å². The molecular formula is C6H3N5O2S. The Bertz CT molecular complexity index is 520. The van der Waals surface area contributed by atoms with E-state index in [0.717, 1.165) is 12.3 Å². The van der Waals surface area contributed by atoms with Gasteiger partial charge >= 0.3 is 0 Å². The molecule has 0 saturated heterocycles. The Morgan fingerprint density at radius 2 is 2.29 bits per heavy atom. The molecule has 1 rings (SSSR count). The lowest BCUT2D eigenvalue weighted by molar-refractivity contribution is 0.597. The number of nitriles is 1. The lowest BCUT2D eigenvalue weighted by atomic mass is 10.4. The average Bonchev–Trinajstić information content (AvgIpc) is 2.18. The molecule has 0 atom stereocenters. The molecule has 1 heterocycles. The number of sulfonamides is 1. The van der Waals surface area contributed by atoms with Crippen LogP contribution in [0.1, 0.15) is 5.69 Å². The molecule has 0 aliphatic heterocycles. The Balaban J connectivity index is 3.24. The second-order valence-electron chi connectivity index (χ2n) is 2.14. The van der Waals surface area contributed by atoms with Gasteiger partial charge < -0.3 is 0 Å². The third-order valence-corrected chi connectivity index (χ3v) is 2.42. The summed E-state index contributed by atoms with van der Waals surface area (Å²) in [6.45, 7) is 0. The molecule has 0 unspecified atom stereocenters. The molecule has 1 aromatic heterocycles. The zero-order valence-corrected chi connectivity index (χ0v) is 7.51. The normalized spacial score (nSPS) is 9.93. The molecule has 14 heavy (non-hydrogen) atoms. The van der Waals surface area contributed by atoms with Crippen molar-refractivity contribution in [1.29, 1.82) is 5.26 Å². The summed E-state index contributed by atoms with van der Waals surface area (Å²) in [5.41, 5.74) is 8.06. The highest BCUT2D eigenvalue weighted by atomic mass is 32.2. The van der Waals surface area contributed by atoms with Crippen LogP contribution < -0.4 is 0 Å².